The molecule has 3 aromatic carbocycles. The Labute approximate surface area is 175 Å². The summed E-state index contributed by atoms with van der Waals surface area (Å²) < 4.78 is 0. The number of carbonyl (C=O) groups is 1. The number of nitrogens with one attached hydrogen (secondary N) is 1. The van der Waals surface area contributed by atoms with Crippen LogP contribution in [0, 0.1) is 12.3 Å². The summed E-state index contributed by atoms with van der Waals surface area (Å²) in [6.07, 6.45) is 3.06. The van der Waals surface area contributed by atoms with Crippen molar-refractivity contribution in [2.24, 2.45) is 5.41 Å². The molecule has 0 heterocycles. The normalized spacial score (nSPS) is 11.3. The van der Waals surface area contributed by atoms with E-state index in [2.05, 4.69) is 79.0 Å². The first-order valence-corrected chi connectivity index (χ1v) is 10.5. The van der Waals surface area contributed by atoms with Gasteiger partial charge in [0.2, 0.25) is 5.91 Å². The van der Waals surface area contributed by atoms with Gasteiger partial charge in [-0.2, -0.15) is 0 Å². The summed E-state index contributed by atoms with van der Waals surface area (Å²) in [5.41, 5.74) is 6.24. The number of unbranched alkanes of at least 4 members (excludes halogenated alkanes) is 1. The van der Waals surface area contributed by atoms with Gasteiger partial charge >= 0.3 is 0 Å². The number of anilines is 1. The highest BCUT2D eigenvalue weighted by molar-refractivity contribution is 5.96. The molecule has 0 aliphatic heterocycles. The van der Waals surface area contributed by atoms with Crippen LogP contribution in [-0.2, 0) is 4.79 Å². The lowest BCUT2D eigenvalue weighted by atomic mass is 9.86. The molecule has 0 aromatic heterocycles. The average Bonchev–Trinajstić information content (AvgIpc) is 2.74. The summed E-state index contributed by atoms with van der Waals surface area (Å²) in [5, 5.41) is 3.18. The van der Waals surface area contributed by atoms with Crippen LogP contribution in [0.4, 0.5) is 5.69 Å². The molecular weight excluding hydrogens is 354 g/mol. The first-order chi connectivity index (χ1) is 13.9. The molecule has 3 aromatic rings. The number of amides is 1. The van der Waals surface area contributed by atoms with Gasteiger partial charge in [0.15, 0.2) is 0 Å². The van der Waals surface area contributed by atoms with Crippen LogP contribution >= 0.6 is 0 Å². The van der Waals surface area contributed by atoms with Crippen molar-refractivity contribution in [2.75, 3.05) is 5.32 Å². The van der Waals surface area contributed by atoms with Gasteiger partial charge in [-0.05, 0) is 53.3 Å². The van der Waals surface area contributed by atoms with Crippen molar-refractivity contribution in [2.45, 2.75) is 47.0 Å². The molecule has 2 nitrogen and oxygen atoms in total. The highest BCUT2D eigenvalue weighted by Gasteiger charge is 2.27. The van der Waals surface area contributed by atoms with Crippen LogP contribution in [0.25, 0.3) is 22.3 Å². The largest absolute Gasteiger partial charge is 0.325 e. The molecule has 2 heteroatoms. The molecule has 0 radical (unpaired) electrons. The second-order valence-corrected chi connectivity index (χ2v) is 8.42. The van der Waals surface area contributed by atoms with Crippen LogP contribution in [0.3, 0.4) is 0 Å². The van der Waals surface area contributed by atoms with E-state index in [1.807, 2.05) is 26.8 Å². The van der Waals surface area contributed by atoms with Crippen molar-refractivity contribution >= 4 is 11.6 Å². The minimum atomic E-state index is -0.369. The molecule has 3 rings (SSSR count). The molecule has 1 N–H and O–H groups in total. The van der Waals surface area contributed by atoms with Crippen molar-refractivity contribution < 1.29 is 4.79 Å². The Morgan fingerprint density at radius 3 is 2.14 bits per heavy atom. The highest BCUT2D eigenvalue weighted by atomic mass is 16.2. The van der Waals surface area contributed by atoms with E-state index in [4.69, 9.17) is 0 Å². The molecular formula is C27H31NO. The van der Waals surface area contributed by atoms with E-state index in [1.54, 1.807) is 0 Å². The zero-order chi connectivity index (χ0) is 20.9. The maximum atomic E-state index is 12.9. The summed E-state index contributed by atoms with van der Waals surface area (Å²) in [6.45, 7) is 8.25. The summed E-state index contributed by atoms with van der Waals surface area (Å²) in [5.74, 6) is 0.0873. The zero-order valence-electron chi connectivity index (χ0n) is 18.0. The summed E-state index contributed by atoms with van der Waals surface area (Å²) in [7, 11) is 0. The van der Waals surface area contributed by atoms with Crippen LogP contribution in [0.5, 0.6) is 0 Å². The smallest absolute Gasteiger partial charge is 0.230 e. The predicted octanol–water partition coefficient (Wildman–Crippen LogP) is 7.48. The quantitative estimate of drug-likeness (QED) is 0.448. The fourth-order valence-corrected chi connectivity index (χ4v) is 3.47. The van der Waals surface area contributed by atoms with Gasteiger partial charge in [-0.3, -0.25) is 4.79 Å². The van der Waals surface area contributed by atoms with E-state index in [0.29, 0.717) is 0 Å². The standard InChI is InChI=1S/C27H31NO/c1-5-6-17-27(3,4)26(29)28-25-19-24(16-15-20(25)2)23-14-10-13-22(18-23)21-11-8-7-9-12-21/h7-16,18-19H,5-6,17H2,1-4H3,(H,28,29). The fraction of sp³-hybridized carbons (Fsp3) is 0.296. The number of aryl methyl sites for hydroxylation is 1. The molecule has 0 aliphatic rings. The molecule has 150 valence electrons. The summed E-state index contributed by atoms with van der Waals surface area (Å²) in [4.78, 5) is 12.9. The van der Waals surface area contributed by atoms with Crippen molar-refractivity contribution in [3.8, 4) is 22.3 Å². The third-order valence-electron chi connectivity index (χ3n) is 5.56. The second kappa shape index (κ2) is 9.09. The Hall–Kier alpha value is -2.87. The molecule has 0 unspecified atom stereocenters. The van der Waals surface area contributed by atoms with Gasteiger partial charge in [0.25, 0.3) is 0 Å². The number of hydrogen-bond acceptors (Lipinski definition) is 1. The zero-order valence-corrected chi connectivity index (χ0v) is 18.0. The van der Waals surface area contributed by atoms with Crippen molar-refractivity contribution in [1.29, 1.82) is 0 Å². The Bertz CT molecular complexity index is 973. The van der Waals surface area contributed by atoms with E-state index in [1.165, 1.54) is 11.1 Å². The van der Waals surface area contributed by atoms with Gasteiger partial charge in [0.05, 0.1) is 0 Å². The molecule has 29 heavy (non-hydrogen) atoms. The van der Waals surface area contributed by atoms with Gasteiger partial charge < -0.3 is 5.32 Å². The minimum Gasteiger partial charge on any atom is -0.325 e. The van der Waals surface area contributed by atoms with Gasteiger partial charge in [-0.1, -0.05) is 94.3 Å². The van der Waals surface area contributed by atoms with Crippen LogP contribution in [0.1, 0.15) is 45.6 Å². The number of benzene rings is 3. The predicted molar refractivity (Wildman–Crippen MR) is 124 cm³/mol. The number of hydrogen-bond donors (Lipinski definition) is 1. The average molecular weight is 386 g/mol. The van der Waals surface area contributed by atoms with Gasteiger partial charge in [-0.15, -0.1) is 0 Å². The van der Waals surface area contributed by atoms with E-state index in [-0.39, 0.29) is 11.3 Å². The molecule has 1 amide bonds. The lowest BCUT2D eigenvalue weighted by Crippen LogP contribution is -2.31. The van der Waals surface area contributed by atoms with Gasteiger partial charge in [0.1, 0.15) is 0 Å². The Balaban J connectivity index is 1.87. The lowest BCUT2D eigenvalue weighted by molar-refractivity contribution is -0.124. The third kappa shape index (κ3) is 5.14. The number of carbonyl (C=O) groups excluding carboxylic acids is 1. The van der Waals surface area contributed by atoms with E-state index >= 15 is 0 Å². The van der Waals surface area contributed by atoms with Gasteiger partial charge in [-0.25, -0.2) is 0 Å². The maximum Gasteiger partial charge on any atom is 0.230 e. The fourth-order valence-electron chi connectivity index (χ4n) is 3.47. The van der Waals surface area contributed by atoms with Crippen LogP contribution in [-0.4, -0.2) is 5.91 Å². The van der Waals surface area contributed by atoms with Gasteiger partial charge in [0, 0.05) is 11.1 Å². The Morgan fingerprint density at radius 1 is 0.828 bits per heavy atom. The van der Waals surface area contributed by atoms with Crippen LogP contribution in [0.2, 0.25) is 0 Å². The SMILES string of the molecule is CCCCC(C)(C)C(=O)Nc1cc(-c2cccc(-c3ccccc3)c2)ccc1C. The topological polar surface area (TPSA) is 29.1 Å². The van der Waals surface area contributed by atoms with Crippen molar-refractivity contribution in [3.05, 3.63) is 78.4 Å². The van der Waals surface area contributed by atoms with E-state index in [9.17, 15) is 4.79 Å². The molecule has 0 bridgehead atoms. The van der Waals surface area contributed by atoms with Crippen LogP contribution < -0.4 is 5.32 Å². The summed E-state index contributed by atoms with van der Waals surface area (Å²) in [6, 6.07) is 25.2. The highest BCUT2D eigenvalue weighted by Crippen LogP contribution is 2.31. The molecule has 0 atom stereocenters. The third-order valence-corrected chi connectivity index (χ3v) is 5.56. The van der Waals surface area contributed by atoms with E-state index < -0.39 is 0 Å². The first kappa shape index (κ1) is 20.9. The molecule has 0 saturated carbocycles. The second-order valence-electron chi connectivity index (χ2n) is 8.42. The molecule has 0 saturated heterocycles. The Kier molecular flexibility index (Phi) is 6.53. The number of rotatable bonds is 7. The lowest BCUT2D eigenvalue weighted by Gasteiger charge is -2.24. The molecule has 0 aliphatic carbocycles. The Morgan fingerprint density at radius 2 is 1.45 bits per heavy atom. The van der Waals surface area contributed by atoms with E-state index in [0.717, 1.165) is 41.6 Å². The van der Waals surface area contributed by atoms with Crippen molar-refractivity contribution in [3.63, 3.8) is 0 Å². The molecule has 0 fully saturated rings. The minimum absolute atomic E-state index is 0.0873. The van der Waals surface area contributed by atoms with Crippen molar-refractivity contribution in [1.82, 2.24) is 0 Å². The summed E-state index contributed by atoms with van der Waals surface area (Å²) >= 11 is 0. The van der Waals surface area contributed by atoms with Crippen LogP contribution in [0.15, 0.2) is 72.8 Å². The molecule has 0 spiro atoms. The maximum absolute atomic E-state index is 12.9. The monoisotopic (exact) mass is 385 g/mol. The first-order valence-electron chi connectivity index (χ1n) is 10.5.